The molecule has 1 fully saturated rings. The third-order valence-corrected chi connectivity index (χ3v) is 4.81. The summed E-state index contributed by atoms with van der Waals surface area (Å²) in [7, 11) is 1.99. The Balaban J connectivity index is 1.65. The number of nitrogens with zero attached hydrogens (tertiary/aromatic N) is 4. The summed E-state index contributed by atoms with van der Waals surface area (Å²) in [6, 6.07) is 3.01. The SMILES string of the molecule is Cc1nnc(SCCCCC(C)(C#N)NC2CC2)n1C. The molecular weight excluding hydrogens is 270 g/mol. The highest BCUT2D eigenvalue weighted by Gasteiger charge is 2.31. The van der Waals surface area contributed by atoms with Crippen molar-refractivity contribution >= 4 is 11.8 Å². The molecule has 0 saturated heterocycles. The molecular formula is C14H23N5S. The number of aryl methyl sites for hydroxylation is 1. The van der Waals surface area contributed by atoms with Crippen LogP contribution in [0.4, 0.5) is 0 Å². The highest BCUT2D eigenvalue weighted by Crippen LogP contribution is 2.25. The van der Waals surface area contributed by atoms with Crippen molar-refractivity contribution in [3.8, 4) is 6.07 Å². The summed E-state index contributed by atoms with van der Waals surface area (Å²) in [5, 5.41) is 21.9. The summed E-state index contributed by atoms with van der Waals surface area (Å²) < 4.78 is 2.01. The van der Waals surface area contributed by atoms with Crippen molar-refractivity contribution in [1.82, 2.24) is 20.1 Å². The van der Waals surface area contributed by atoms with Crippen molar-refractivity contribution in [3.05, 3.63) is 5.82 Å². The van der Waals surface area contributed by atoms with Crippen molar-refractivity contribution in [2.45, 2.75) is 62.7 Å². The van der Waals surface area contributed by atoms with Crippen LogP contribution in [0.1, 0.15) is 44.9 Å². The Labute approximate surface area is 125 Å². The average molecular weight is 293 g/mol. The zero-order valence-electron chi connectivity index (χ0n) is 12.5. The van der Waals surface area contributed by atoms with Gasteiger partial charge in [0.25, 0.3) is 0 Å². The predicted molar refractivity (Wildman–Crippen MR) is 80.5 cm³/mol. The third kappa shape index (κ3) is 4.22. The lowest BCUT2D eigenvalue weighted by molar-refractivity contribution is 0.402. The second kappa shape index (κ2) is 6.59. The minimum absolute atomic E-state index is 0.354. The first-order chi connectivity index (χ1) is 9.54. The van der Waals surface area contributed by atoms with Crippen molar-refractivity contribution < 1.29 is 0 Å². The van der Waals surface area contributed by atoms with E-state index in [1.807, 2.05) is 25.5 Å². The van der Waals surface area contributed by atoms with Gasteiger partial charge in [0.1, 0.15) is 11.4 Å². The number of unbranched alkanes of at least 4 members (excludes halogenated alkanes) is 1. The number of nitrogens with one attached hydrogen (secondary N) is 1. The highest BCUT2D eigenvalue weighted by atomic mass is 32.2. The number of hydrogen-bond acceptors (Lipinski definition) is 5. The van der Waals surface area contributed by atoms with Crippen LogP contribution in [0.2, 0.25) is 0 Å². The molecule has 1 aromatic rings. The van der Waals surface area contributed by atoms with E-state index in [9.17, 15) is 5.26 Å². The van der Waals surface area contributed by atoms with Crippen LogP contribution >= 0.6 is 11.8 Å². The first kappa shape index (κ1) is 15.3. The number of hydrogen-bond donors (Lipinski definition) is 1. The molecule has 1 saturated carbocycles. The monoisotopic (exact) mass is 293 g/mol. The molecule has 0 radical (unpaired) electrons. The van der Waals surface area contributed by atoms with Crippen molar-refractivity contribution in [2.75, 3.05) is 5.75 Å². The zero-order chi connectivity index (χ0) is 14.6. The van der Waals surface area contributed by atoms with Gasteiger partial charge in [-0.25, -0.2) is 0 Å². The summed E-state index contributed by atoms with van der Waals surface area (Å²) in [5.41, 5.74) is -0.354. The summed E-state index contributed by atoms with van der Waals surface area (Å²) in [5.74, 6) is 1.97. The molecule has 1 N–H and O–H groups in total. The maximum absolute atomic E-state index is 9.30. The number of thioether (sulfide) groups is 1. The maximum Gasteiger partial charge on any atom is 0.190 e. The van der Waals surface area contributed by atoms with Gasteiger partial charge in [0, 0.05) is 18.8 Å². The second-order valence-electron chi connectivity index (χ2n) is 5.76. The minimum atomic E-state index is -0.354. The van der Waals surface area contributed by atoms with Gasteiger partial charge in [0.15, 0.2) is 5.16 Å². The van der Waals surface area contributed by atoms with Crippen molar-refractivity contribution in [2.24, 2.45) is 7.05 Å². The van der Waals surface area contributed by atoms with Crippen LogP contribution in [0.5, 0.6) is 0 Å². The molecule has 1 unspecified atom stereocenters. The standard InChI is InChI=1S/C14H23N5S/c1-11-17-18-13(19(11)3)20-9-5-4-8-14(2,10-15)16-12-6-7-12/h12,16H,4-9H2,1-3H3. The van der Waals surface area contributed by atoms with Gasteiger partial charge < -0.3 is 4.57 Å². The first-order valence-electron chi connectivity index (χ1n) is 7.22. The molecule has 0 spiro atoms. The normalized spacial score (nSPS) is 17.7. The molecule has 0 bridgehead atoms. The van der Waals surface area contributed by atoms with Crippen LogP contribution in [0.15, 0.2) is 5.16 Å². The molecule has 1 heterocycles. The van der Waals surface area contributed by atoms with Gasteiger partial charge in [-0.3, -0.25) is 5.32 Å². The molecule has 1 aliphatic carbocycles. The van der Waals surface area contributed by atoms with Gasteiger partial charge in [-0.15, -0.1) is 10.2 Å². The Bertz CT molecular complexity index is 488. The Kier molecular flexibility index (Phi) is 5.06. The molecule has 20 heavy (non-hydrogen) atoms. The van der Waals surface area contributed by atoms with Gasteiger partial charge in [-0.1, -0.05) is 11.8 Å². The van der Waals surface area contributed by atoms with Crippen LogP contribution in [0.3, 0.4) is 0 Å². The van der Waals surface area contributed by atoms with Crippen LogP contribution in [-0.4, -0.2) is 32.1 Å². The molecule has 1 aliphatic rings. The Morgan fingerprint density at radius 3 is 2.75 bits per heavy atom. The number of nitriles is 1. The van der Waals surface area contributed by atoms with E-state index in [1.54, 1.807) is 11.8 Å². The Hall–Kier alpha value is -1.06. The van der Waals surface area contributed by atoms with E-state index in [2.05, 4.69) is 21.6 Å². The second-order valence-corrected chi connectivity index (χ2v) is 6.82. The van der Waals surface area contributed by atoms with E-state index in [0.29, 0.717) is 6.04 Å². The van der Waals surface area contributed by atoms with E-state index in [1.165, 1.54) is 12.8 Å². The van der Waals surface area contributed by atoms with E-state index in [-0.39, 0.29) is 5.54 Å². The fourth-order valence-electron chi connectivity index (χ4n) is 2.10. The van der Waals surface area contributed by atoms with E-state index in [0.717, 1.165) is 36.0 Å². The van der Waals surface area contributed by atoms with Gasteiger partial charge in [0.2, 0.25) is 0 Å². The zero-order valence-corrected chi connectivity index (χ0v) is 13.3. The van der Waals surface area contributed by atoms with Gasteiger partial charge >= 0.3 is 0 Å². The van der Waals surface area contributed by atoms with Crippen molar-refractivity contribution in [1.29, 1.82) is 5.26 Å². The number of aromatic nitrogens is 3. The summed E-state index contributed by atoms with van der Waals surface area (Å²) in [6.07, 6.45) is 5.52. The summed E-state index contributed by atoms with van der Waals surface area (Å²) in [6.45, 7) is 3.98. The Morgan fingerprint density at radius 2 is 2.20 bits per heavy atom. The van der Waals surface area contributed by atoms with E-state index < -0.39 is 0 Å². The van der Waals surface area contributed by atoms with Crippen LogP contribution in [0, 0.1) is 18.3 Å². The topological polar surface area (TPSA) is 66.5 Å². The molecule has 2 rings (SSSR count). The maximum atomic E-state index is 9.30. The molecule has 0 aliphatic heterocycles. The fraction of sp³-hybridized carbons (Fsp3) is 0.786. The molecule has 0 amide bonds. The highest BCUT2D eigenvalue weighted by molar-refractivity contribution is 7.99. The molecule has 5 nitrogen and oxygen atoms in total. The molecule has 6 heteroatoms. The summed E-state index contributed by atoms with van der Waals surface area (Å²) in [4.78, 5) is 0. The lowest BCUT2D eigenvalue weighted by Crippen LogP contribution is -2.42. The third-order valence-electron chi connectivity index (χ3n) is 3.70. The first-order valence-corrected chi connectivity index (χ1v) is 8.20. The van der Waals surface area contributed by atoms with Gasteiger partial charge in [-0.2, -0.15) is 5.26 Å². The van der Waals surface area contributed by atoms with Crippen LogP contribution in [0.25, 0.3) is 0 Å². The van der Waals surface area contributed by atoms with Crippen LogP contribution < -0.4 is 5.32 Å². The summed E-state index contributed by atoms with van der Waals surface area (Å²) >= 11 is 1.74. The molecule has 1 aromatic heterocycles. The molecule has 1 atom stereocenters. The fourth-order valence-corrected chi connectivity index (χ4v) is 3.05. The average Bonchev–Trinajstić information content (AvgIpc) is 3.18. The van der Waals surface area contributed by atoms with Crippen molar-refractivity contribution in [3.63, 3.8) is 0 Å². The molecule has 110 valence electrons. The largest absolute Gasteiger partial charge is 0.309 e. The van der Waals surface area contributed by atoms with Gasteiger partial charge in [-0.05, 0) is 46.0 Å². The van der Waals surface area contributed by atoms with Crippen LogP contribution in [-0.2, 0) is 7.05 Å². The smallest absolute Gasteiger partial charge is 0.190 e. The predicted octanol–water partition coefficient (Wildman–Crippen LogP) is 2.42. The Morgan fingerprint density at radius 1 is 1.45 bits per heavy atom. The lowest BCUT2D eigenvalue weighted by Gasteiger charge is -2.23. The quantitative estimate of drug-likeness (QED) is 0.589. The minimum Gasteiger partial charge on any atom is -0.309 e. The van der Waals surface area contributed by atoms with Gasteiger partial charge in [0.05, 0.1) is 6.07 Å². The van der Waals surface area contributed by atoms with E-state index in [4.69, 9.17) is 0 Å². The number of rotatable bonds is 8. The van der Waals surface area contributed by atoms with E-state index >= 15 is 0 Å². The lowest BCUT2D eigenvalue weighted by atomic mass is 9.96. The molecule has 0 aromatic carbocycles.